The number of nitrogens with one attached hydrogen (secondary N) is 2. The van der Waals surface area contributed by atoms with Crippen LogP contribution in [0.1, 0.15) is 11.8 Å². The van der Waals surface area contributed by atoms with Crippen molar-refractivity contribution in [1.82, 2.24) is 14.9 Å². The molecule has 1 aliphatic heterocycles. The molecule has 1 saturated heterocycles. The number of aliphatic hydroxyl groups excluding tert-OH is 4. The summed E-state index contributed by atoms with van der Waals surface area (Å²) in [5.74, 6) is -3.39. The maximum Gasteiger partial charge on any atom is 0.423 e. The summed E-state index contributed by atoms with van der Waals surface area (Å²) < 4.78 is 48.6. The summed E-state index contributed by atoms with van der Waals surface area (Å²) in [6.07, 6.45) is -19.4. The summed E-state index contributed by atoms with van der Waals surface area (Å²) in [5.41, 5.74) is 4.95. The van der Waals surface area contributed by atoms with Gasteiger partial charge in [-0.3, -0.25) is 19.1 Å². The highest BCUT2D eigenvalue weighted by molar-refractivity contribution is 5.87. The highest BCUT2D eigenvalue weighted by Gasteiger charge is 2.51. The molecule has 20 heteroatoms. The maximum absolute atomic E-state index is 13.1. The highest BCUT2D eigenvalue weighted by Crippen LogP contribution is 2.32. The Kier molecular flexibility index (Phi) is 9.00. The third kappa shape index (κ3) is 6.61. The van der Waals surface area contributed by atoms with Crippen molar-refractivity contribution in [3.8, 4) is 0 Å². The number of primary amides is 1. The molecule has 1 aliphatic rings. The zero-order chi connectivity index (χ0) is 28.4. The standard InChI is InChI=1S/C17H22F3N5O12/c18-17(19,20)3-1-25(16(35)24-11(3)30)13-9(29)8(28)10(37-13)6(14(32)33)23-12(31)5(21)7(27)4(26)2-36-15(22)34/h1,4-10,13,26-29H,2,21H2,(H2,22,34)(H,23,31)(H,32,33)(H,24,30,35)/t4-,5-,6-,7+,8-,9+,10+,13+/m0/s1. The SMILES string of the molecule is NC(=O)OC[C@H](O)[C@@H](O)[C@H](N)C(=O)N[C@H](C(=O)O)[C@H]1O[C@@H](n2cc(C(F)(F)F)c(=O)[nH]c2=O)[C@H](O)[C@@H]1O. The van der Waals surface area contributed by atoms with Gasteiger partial charge in [0.1, 0.15) is 48.7 Å². The second-order valence-electron chi connectivity index (χ2n) is 7.72. The molecule has 1 aromatic rings. The summed E-state index contributed by atoms with van der Waals surface area (Å²) in [6, 6.07) is -4.34. The lowest BCUT2D eigenvalue weighted by atomic mass is 10.0. The Bertz CT molecular complexity index is 1140. The fourth-order valence-electron chi connectivity index (χ4n) is 3.26. The van der Waals surface area contributed by atoms with Crippen molar-refractivity contribution in [3.05, 3.63) is 32.6 Å². The van der Waals surface area contributed by atoms with E-state index in [4.69, 9.17) is 10.5 Å². The van der Waals surface area contributed by atoms with Gasteiger partial charge < -0.3 is 51.8 Å². The molecule has 8 atom stereocenters. The number of aliphatic carboxylic acids is 1. The normalized spacial score (nSPS) is 25.1. The van der Waals surface area contributed by atoms with Crippen LogP contribution in [0.3, 0.4) is 0 Å². The number of rotatable bonds is 9. The van der Waals surface area contributed by atoms with Crippen LogP contribution in [0.15, 0.2) is 15.8 Å². The van der Waals surface area contributed by atoms with Gasteiger partial charge in [-0.25, -0.2) is 14.4 Å². The Labute approximate surface area is 202 Å². The zero-order valence-electron chi connectivity index (χ0n) is 18.2. The first-order valence-corrected chi connectivity index (χ1v) is 9.98. The van der Waals surface area contributed by atoms with Crippen molar-refractivity contribution in [1.29, 1.82) is 0 Å². The van der Waals surface area contributed by atoms with Crippen LogP contribution in [0.5, 0.6) is 0 Å². The van der Waals surface area contributed by atoms with Crippen LogP contribution in [0.25, 0.3) is 0 Å². The number of halogens is 3. The van der Waals surface area contributed by atoms with Crippen molar-refractivity contribution in [2.45, 2.75) is 55.0 Å². The van der Waals surface area contributed by atoms with Crippen molar-refractivity contribution >= 4 is 18.0 Å². The first kappa shape index (κ1) is 29.7. The number of H-pyrrole nitrogens is 1. The number of carbonyl (C=O) groups is 3. The number of carboxylic acid groups (broad SMARTS) is 1. The van der Waals surface area contributed by atoms with Gasteiger partial charge in [0.25, 0.3) is 5.56 Å². The van der Waals surface area contributed by atoms with Crippen LogP contribution in [-0.4, -0.2) is 102 Å². The van der Waals surface area contributed by atoms with Crippen molar-refractivity contribution in [2.24, 2.45) is 11.5 Å². The quantitative estimate of drug-likeness (QED) is 0.140. The van der Waals surface area contributed by atoms with Gasteiger partial charge in [0.05, 0.1) is 0 Å². The summed E-state index contributed by atoms with van der Waals surface area (Å²) in [4.78, 5) is 59.5. The average Bonchev–Trinajstić information content (AvgIpc) is 3.07. The van der Waals surface area contributed by atoms with Gasteiger partial charge in [-0.05, 0) is 0 Å². The fraction of sp³-hybridized carbons (Fsp3) is 0.588. The molecule has 2 rings (SSSR count). The van der Waals surface area contributed by atoms with Gasteiger partial charge >= 0.3 is 23.9 Å². The number of nitrogens with two attached hydrogens (primary N) is 2. The summed E-state index contributed by atoms with van der Waals surface area (Å²) >= 11 is 0. The van der Waals surface area contributed by atoms with Gasteiger partial charge in [0.15, 0.2) is 12.3 Å². The Hall–Kier alpha value is -3.56. The molecule has 2 amide bonds. The number of ether oxygens (including phenoxy) is 2. The number of hydrogen-bond acceptors (Lipinski definition) is 12. The first-order valence-electron chi connectivity index (χ1n) is 9.98. The van der Waals surface area contributed by atoms with E-state index in [0.29, 0.717) is 0 Å². The molecule has 0 unspecified atom stereocenters. The molecule has 0 radical (unpaired) electrons. The number of alkyl halides is 3. The van der Waals surface area contributed by atoms with Gasteiger partial charge in [0, 0.05) is 6.20 Å². The second kappa shape index (κ2) is 11.2. The second-order valence-corrected chi connectivity index (χ2v) is 7.72. The van der Waals surface area contributed by atoms with Gasteiger partial charge in [-0.2, -0.15) is 13.2 Å². The van der Waals surface area contributed by atoms with Crippen LogP contribution in [0.2, 0.25) is 0 Å². The van der Waals surface area contributed by atoms with E-state index in [9.17, 15) is 62.7 Å². The van der Waals surface area contributed by atoms with Crippen LogP contribution in [-0.2, 0) is 25.2 Å². The lowest BCUT2D eigenvalue weighted by molar-refractivity contribution is -0.150. The van der Waals surface area contributed by atoms with Crippen LogP contribution in [0.4, 0.5) is 18.0 Å². The summed E-state index contributed by atoms with van der Waals surface area (Å²) in [7, 11) is 0. The van der Waals surface area contributed by atoms with Crippen molar-refractivity contribution in [2.75, 3.05) is 6.61 Å². The zero-order valence-corrected chi connectivity index (χ0v) is 18.2. The van der Waals surface area contributed by atoms with Crippen molar-refractivity contribution < 1.29 is 62.6 Å². The average molecular weight is 545 g/mol. The topological polar surface area (TPSA) is 290 Å². The number of nitrogens with zero attached hydrogens (tertiary/aromatic N) is 1. The lowest BCUT2D eigenvalue weighted by Crippen LogP contribution is -2.60. The van der Waals surface area contributed by atoms with E-state index in [1.54, 1.807) is 5.32 Å². The molecule has 0 bridgehead atoms. The van der Waals surface area contributed by atoms with E-state index in [-0.39, 0.29) is 10.8 Å². The number of hydrogen-bond donors (Lipinski definition) is 9. The molecule has 0 aromatic carbocycles. The predicted molar refractivity (Wildman–Crippen MR) is 107 cm³/mol. The van der Waals surface area contributed by atoms with E-state index in [0.717, 1.165) is 0 Å². The monoisotopic (exact) mass is 545 g/mol. The van der Waals surface area contributed by atoms with E-state index in [1.807, 2.05) is 0 Å². The molecule has 1 fully saturated rings. The number of aliphatic hydroxyl groups is 4. The van der Waals surface area contributed by atoms with Gasteiger partial charge in [-0.1, -0.05) is 0 Å². The molecule has 208 valence electrons. The smallest absolute Gasteiger partial charge is 0.423 e. The Morgan fingerprint density at radius 2 is 1.81 bits per heavy atom. The minimum atomic E-state index is -5.24. The predicted octanol–water partition coefficient (Wildman–Crippen LogP) is -5.11. The number of amides is 2. The first-order chi connectivity index (χ1) is 17.0. The highest BCUT2D eigenvalue weighted by atomic mass is 19.4. The molecular formula is C17H22F3N5O12. The third-order valence-corrected chi connectivity index (χ3v) is 5.18. The Morgan fingerprint density at radius 3 is 2.32 bits per heavy atom. The van der Waals surface area contributed by atoms with E-state index >= 15 is 0 Å². The minimum absolute atomic E-state index is 0.0136. The van der Waals surface area contributed by atoms with Crippen LogP contribution in [0, 0.1) is 0 Å². The van der Waals surface area contributed by atoms with Gasteiger partial charge in [0.2, 0.25) is 5.91 Å². The lowest BCUT2D eigenvalue weighted by Gasteiger charge is -2.27. The molecule has 1 aromatic heterocycles. The molecule has 2 heterocycles. The fourth-order valence-corrected chi connectivity index (χ4v) is 3.26. The largest absolute Gasteiger partial charge is 0.480 e. The Morgan fingerprint density at radius 1 is 1.22 bits per heavy atom. The number of aromatic amines is 1. The van der Waals surface area contributed by atoms with Crippen LogP contribution < -0.4 is 28.0 Å². The molecule has 11 N–H and O–H groups in total. The van der Waals surface area contributed by atoms with Crippen molar-refractivity contribution in [3.63, 3.8) is 0 Å². The maximum atomic E-state index is 13.1. The molecule has 17 nitrogen and oxygen atoms in total. The minimum Gasteiger partial charge on any atom is -0.480 e. The summed E-state index contributed by atoms with van der Waals surface area (Å²) in [5, 5.41) is 51.4. The molecule has 0 spiro atoms. The number of carboxylic acids is 1. The van der Waals surface area contributed by atoms with Crippen LogP contribution >= 0.6 is 0 Å². The van der Waals surface area contributed by atoms with E-state index in [2.05, 4.69) is 10.5 Å². The number of carbonyl (C=O) groups excluding carboxylic acids is 2. The van der Waals surface area contributed by atoms with E-state index in [1.165, 1.54) is 4.98 Å². The Balaban J connectivity index is 2.28. The number of aromatic nitrogens is 2. The molecule has 37 heavy (non-hydrogen) atoms. The van der Waals surface area contributed by atoms with E-state index < -0.39 is 96.4 Å². The van der Waals surface area contributed by atoms with Gasteiger partial charge in [-0.15, -0.1) is 0 Å². The molecule has 0 saturated carbocycles. The summed E-state index contributed by atoms with van der Waals surface area (Å²) in [6.45, 7) is -0.897. The molecular weight excluding hydrogens is 523 g/mol. The molecule has 0 aliphatic carbocycles. The third-order valence-electron chi connectivity index (χ3n) is 5.18.